The average Bonchev–Trinajstić information content (AvgIpc) is 3.40. The fourth-order valence-electron chi connectivity index (χ4n) is 3.94. The summed E-state index contributed by atoms with van der Waals surface area (Å²) in [6, 6.07) is 7.40. The van der Waals surface area contributed by atoms with Gasteiger partial charge < -0.3 is 24.8 Å². The van der Waals surface area contributed by atoms with Crippen LogP contribution in [0.25, 0.3) is 5.65 Å². The van der Waals surface area contributed by atoms with E-state index in [1.54, 1.807) is 50.4 Å². The van der Waals surface area contributed by atoms with Crippen molar-refractivity contribution in [1.29, 1.82) is 0 Å². The number of fused-ring (bicyclic) bond motifs is 1. The lowest BCUT2D eigenvalue weighted by Gasteiger charge is -2.25. The van der Waals surface area contributed by atoms with Crippen molar-refractivity contribution in [3.05, 3.63) is 48.5 Å². The lowest BCUT2D eigenvalue weighted by Crippen LogP contribution is -2.37. The van der Waals surface area contributed by atoms with Crippen molar-refractivity contribution in [3.63, 3.8) is 0 Å². The highest BCUT2D eigenvalue weighted by Gasteiger charge is 2.45. The highest BCUT2D eigenvalue weighted by molar-refractivity contribution is 7.52. The molecule has 1 saturated heterocycles. The molecule has 0 spiro atoms. The van der Waals surface area contributed by atoms with Gasteiger partial charge in [0.1, 0.15) is 30.3 Å². The third-order valence-electron chi connectivity index (χ3n) is 5.80. The minimum Gasteiger partial charge on any atom is -0.462 e. The molecule has 6 atom stereocenters. The Kier molecular flexibility index (Phi) is 8.10. The van der Waals surface area contributed by atoms with E-state index in [1.807, 2.05) is 6.92 Å². The molecule has 0 radical (unpaired) electrons. The summed E-state index contributed by atoms with van der Waals surface area (Å²) in [5.41, 5.74) is 6.82. The van der Waals surface area contributed by atoms with Crippen LogP contribution in [0.5, 0.6) is 5.75 Å². The number of aliphatic hydroxyl groups excluding tert-OH is 1. The van der Waals surface area contributed by atoms with Crippen LogP contribution in [0.4, 0.5) is 5.82 Å². The predicted molar refractivity (Wildman–Crippen MR) is 132 cm³/mol. The van der Waals surface area contributed by atoms with Gasteiger partial charge in [-0.15, -0.1) is 0 Å². The number of para-hydroxylation sites is 1. The Hall–Kier alpha value is -3.09. The molecule has 1 fully saturated rings. The molecule has 0 aliphatic carbocycles. The number of hydrogen-bond acceptors (Lipinski definition) is 11. The van der Waals surface area contributed by atoms with Crippen LogP contribution in [0.2, 0.25) is 0 Å². The number of anilines is 1. The maximum absolute atomic E-state index is 13.7. The van der Waals surface area contributed by atoms with Gasteiger partial charge in [0.05, 0.1) is 30.7 Å². The summed E-state index contributed by atoms with van der Waals surface area (Å²) in [4.78, 5) is 20.5. The standard InChI is InChI=1S/C23H31N6O7P/c1-13(2)34-23(31)15(4)28-37(32,36-16-8-6-5-7-9-16)33-11-18-19(30)14(3)20(35-18)17-10-25-22-21(24)26-12-27-29(17)22/h5-10,12-15,18-20,30H,11H2,1-4H3,(H,28,32)(H2,24,26,27). The van der Waals surface area contributed by atoms with E-state index in [1.165, 1.54) is 17.8 Å². The SMILES string of the molecule is CC(C)OC(=O)C(C)NP(=O)(OCC1OC(c2cnc3c(N)ncnn23)C(C)C1O)Oc1ccccc1. The molecule has 37 heavy (non-hydrogen) atoms. The number of esters is 1. The first kappa shape index (κ1) is 27.0. The second-order valence-corrected chi connectivity index (χ2v) is 10.7. The van der Waals surface area contributed by atoms with E-state index in [0.717, 1.165) is 0 Å². The predicted octanol–water partition coefficient (Wildman–Crippen LogP) is 2.28. The van der Waals surface area contributed by atoms with Crippen LogP contribution >= 0.6 is 7.75 Å². The fourth-order valence-corrected chi connectivity index (χ4v) is 5.44. The first-order chi connectivity index (χ1) is 17.6. The molecule has 4 rings (SSSR count). The van der Waals surface area contributed by atoms with Gasteiger partial charge in [-0.2, -0.15) is 10.2 Å². The number of carbonyl (C=O) groups is 1. The molecule has 3 heterocycles. The van der Waals surface area contributed by atoms with Gasteiger partial charge in [-0.1, -0.05) is 25.1 Å². The molecule has 2 aromatic heterocycles. The van der Waals surface area contributed by atoms with Crippen LogP contribution < -0.4 is 15.3 Å². The number of carbonyl (C=O) groups excluding carboxylic acids is 1. The molecule has 6 unspecified atom stereocenters. The van der Waals surface area contributed by atoms with Crippen molar-refractivity contribution in [3.8, 4) is 5.75 Å². The zero-order chi connectivity index (χ0) is 26.7. The molecule has 14 heteroatoms. The van der Waals surface area contributed by atoms with E-state index in [4.69, 9.17) is 24.3 Å². The minimum atomic E-state index is -4.12. The molecule has 1 aliphatic heterocycles. The van der Waals surface area contributed by atoms with Crippen LogP contribution in [0.3, 0.4) is 0 Å². The van der Waals surface area contributed by atoms with Gasteiger partial charge in [0, 0.05) is 5.92 Å². The van der Waals surface area contributed by atoms with Crippen molar-refractivity contribution in [2.75, 3.05) is 12.3 Å². The lowest BCUT2D eigenvalue weighted by molar-refractivity contribution is -0.149. The molecule has 13 nitrogen and oxygen atoms in total. The van der Waals surface area contributed by atoms with Crippen LogP contribution in [-0.2, 0) is 23.4 Å². The van der Waals surface area contributed by atoms with Gasteiger partial charge >= 0.3 is 13.7 Å². The Balaban J connectivity index is 1.50. The van der Waals surface area contributed by atoms with E-state index < -0.39 is 38.1 Å². The summed E-state index contributed by atoms with van der Waals surface area (Å²) in [5.74, 6) is -0.519. The second-order valence-electron chi connectivity index (χ2n) is 9.04. The van der Waals surface area contributed by atoms with Crippen molar-refractivity contribution in [2.45, 2.75) is 58.2 Å². The second kappa shape index (κ2) is 11.1. The number of nitrogen functional groups attached to an aromatic ring is 1. The average molecular weight is 535 g/mol. The number of benzene rings is 1. The highest BCUT2D eigenvalue weighted by Crippen LogP contribution is 2.47. The van der Waals surface area contributed by atoms with E-state index in [0.29, 0.717) is 11.3 Å². The van der Waals surface area contributed by atoms with Crippen molar-refractivity contribution in [2.24, 2.45) is 5.92 Å². The van der Waals surface area contributed by atoms with E-state index >= 15 is 0 Å². The van der Waals surface area contributed by atoms with Crippen molar-refractivity contribution in [1.82, 2.24) is 24.7 Å². The smallest absolute Gasteiger partial charge is 0.459 e. The summed E-state index contributed by atoms with van der Waals surface area (Å²) >= 11 is 0. The third-order valence-corrected chi connectivity index (χ3v) is 7.45. The fraction of sp³-hybridized carbons (Fsp3) is 0.478. The number of rotatable bonds is 10. The third kappa shape index (κ3) is 6.08. The van der Waals surface area contributed by atoms with Gasteiger partial charge in [-0.25, -0.2) is 19.0 Å². The minimum absolute atomic E-state index is 0.211. The number of imidazole rings is 1. The first-order valence-corrected chi connectivity index (χ1v) is 13.4. The zero-order valence-electron chi connectivity index (χ0n) is 20.9. The number of aromatic nitrogens is 4. The molecule has 0 bridgehead atoms. The number of ether oxygens (including phenoxy) is 2. The number of nitrogens with one attached hydrogen (secondary N) is 1. The van der Waals surface area contributed by atoms with E-state index in [9.17, 15) is 14.5 Å². The summed E-state index contributed by atoms with van der Waals surface area (Å²) in [5, 5.41) is 17.7. The first-order valence-electron chi connectivity index (χ1n) is 11.8. The number of aliphatic hydroxyl groups is 1. The molecule has 0 saturated carbocycles. The molecule has 4 N–H and O–H groups in total. The van der Waals surface area contributed by atoms with Crippen LogP contribution in [0.15, 0.2) is 42.9 Å². The topological polar surface area (TPSA) is 172 Å². The van der Waals surface area contributed by atoms with Gasteiger partial charge in [0.15, 0.2) is 11.5 Å². The Labute approximate surface area is 213 Å². The monoisotopic (exact) mass is 534 g/mol. The van der Waals surface area contributed by atoms with Gasteiger partial charge in [-0.3, -0.25) is 9.32 Å². The molecule has 3 aromatic rings. The molecule has 200 valence electrons. The Morgan fingerprint density at radius 2 is 2.00 bits per heavy atom. The number of nitrogens with zero attached hydrogens (tertiary/aromatic N) is 4. The molecule has 1 aliphatic rings. The Morgan fingerprint density at radius 1 is 1.27 bits per heavy atom. The zero-order valence-corrected chi connectivity index (χ0v) is 21.8. The molecular formula is C23H31N6O7P. The maximum Gasteiger partial charge on any atom is 0.459 e. The van der Waals surface area contributed by atoms with E-state index in [-0.39, 0.29) is 30.2 Å². The van der Waals surface area contributed by atoms with Crippen molar-refractivity contribution < 1.29 is 33.0 Å². The molecule has 1 aromatic carbocycles. The van der Waals surface area contributed by atoms with Gasteiger partial charge in [-0.05, 0) is 32.9 Å². The Bertz CT molecular complexity index is 1270. The summed E-state index contributed by atoms with van der Waals surface area (Å²) in [6.07, 6.45) is 0.0755. The largest absolute Gasteiger partial charge is 0.462 e. The van der Waals surface area contributed by atoms with Crippen molar-refractivity contribution >= 4 is 25.2 Å². The number of hydrogen-bond donors (Lipinski definition) is 3. The normalized spacial score (nSPS) is 24.2. The Morgan fingerprint density at radius 3 is 2.70 bits per heavy atom. The molecular weight excluding hydrogens is 503 g/mol. The van der Waals surface area contributed by atoms with Crippen LogP contribution in [0, 0.1) is 5.92 Å². The van der Waals surface area contributed by atoms with Crippen LogP contribution in [-0.4, -0.2) is 61.6 Å². The number of nitrogens with two attached hydrogens (primary N) is 1. The lowest BCUT2D eigenvalue weighted by atomic mass is 9.97. The maximum atomic E-state index is 13.7. The molecule has 0 amide bonds. The quantitative estimate of drug-likeness (QED) is 0.256. The summed E-state index contributed by atoms with van der Waals surface area (Å²) < 4.78 is 37.8. The van der Waals surface area contributed by atoms with Crippen LogP contribution in [0.1, 0.15) is 39.5 Å². The summed E-state index contributed by atoms with van der Waals surface area (Å²) in [6.45, 7) is 6.43. The van der Waals surface area contributed by atoms with Gasteiger partial charge in [0.2, 0.25) is 0 Å². The summed E-state index contributed by atoms with van der Waals surface area (Å²) in [7, 11) is -4.12. The highest BCUT2D eigenvalue weighted by atomic mass is 31.2. The van der Waals surface area contributed by atoms with E-state index in [2.05, 4.69) is 20.2 Å². The van der Waals surface area contributed by atoms with Gasteiger partial charge in [0.25, 0.3) is 0 Å².